The molecule has 0 aliphatic rings. The molecule has 2 aromatic rings. The van der Waals surface area contributed by atoms with Crippen LogP contribution in [0.3, 0.4) is 0 Å². The Morgan fingerprint density at radius 1 is 0.839 bits per heavy atom. The fourth-order valence-electron chi connectivity index (χ4n) is 3.37. The maximum absolute atomic E-state index is 13.7. The molecule has 1 N–H and O–H groups in total. The number of aromatic nitrogens is 1. The minimum absolute atomic E-state index is 0.0131. The van der Waals surface area contributed by atoms with Gasteiger partial charge in [-0.05, 0) is 42.6 Å². The zero-order valence-electron chi connectivity index (χ0n) is 17.7. The van der Waals surface area contributed by atoms with Gasteiger partial charge in [-0.3, -0.25) is 0 Å². The molecule has 0 saturated heterocycles. The first-order chi connectivity index (χ1) is 14.5. The number of alkyl halides is 6. The second-order valence-corrected chi connectivity index (χ2v) is 7.73. The number of nitrogens with zero attached hydrogens (tertiary/aromatic N) is 1. The van der Waals surface area contributed by atoms with Crippen molar-refractivity contribution in [3.8, 4) is 11.3 Å². The second kappa shape index (κ2) is 11.0. The van der Waals surface area contributed by atoms with Crippen LogP contribution in [0.5, 0.6) is 0 Å². The van der Waals surface area contributed by atoms with Gasteiger partial charge in [-0.15, -0.1) is 0 Å². The van der Waals surface area contributed by atoms with Crippen LogP contribution in [-0.2, 0) is 12.4 Å². The molecule has 1 unspecified atom stereocenters. The molecule has 2 rings (SSSR count). The number of unbranched alkanes of at least 4 members (excludes halogenated alkanes) is 4. The van der Waals surface area contributed by atoms with Crippen molar-refractivity contribution < 1.29 is 26.3 Å². The van der Waals surface area contributed by atoms with Gasteiger partial charge < -0.3 is 5.32 Å². The van der Waals surface area contributed by atoms with Crippen LogP contribution in [-0.4, -0.2) is 18.1 Å². The van der Waals surface area contributed by atoms with Crippen LogP contribution in [0.2, 0.25) is 0 Å². The Kier molecular flexibility index (Phi) is 8.91. The number of rotatable bonds is 10. The molecule has 0 radical (unpaired) electrons. The molecule has 0 amide bonds. The van der Waals surface area contributed by atoms with Crippen molar-refractivity contribution in [1.82, 2.24) is 10.3 Å². The van der Waals surface area contributed by atoms with Gasteiger partial charge in [0.05, 0.1) is 11.3 Å². The molecular weight excluding hydrogens is 418 g/mol. The van der Waals surface area contributed by atoms with Crippen molar-refractivity contribution >= 4 is 0 Å². The Hall–Kier alpha value is -2.09. The van der Waals surface area contributed by atoms with Crippen LogP contribution < -0.4 is 5.32 Å². The Labute approximate surface area is 179 Å². The molecule has 1 aromatic heterocycles. The normalized spacial score (nSPS) is 13.4. The third-order valence-electron chi connectivity index (χ3n) is 5.14. The van der Waals surface area contributed by atoms with Gasteiger partial charge in [0.1, 0.15) is 5.69 Å². The monoisotopic (exact) mass is 446 g/mol. The molecule has 0 spiro atoms. The van der Waals surface area contributed by atoms with Gasteiger partial charge in [-0.25, -0.2) is 4.98 Å². The van der Waals surface area contributed by atoms with E-state index in [0.29, 0.717) is 6.54 Å². The maximum atomic E-state index is 13.7. The van der Waals surface area contributed by atoms with E-state index in [2.05, 4.69) is 17.2 Å². The van der Waals surface area contributed by atoms with Gasteiger partial charge in [0.2, 0.25) is 0 Å². The lowest BCUT2D eigenvalue weighted by atomic mass is 9.97. The number of halogens is 6. The Morgan fingerprint density at radius 3 is 2.06 bits per heavy atom. The van der Waals surface area contributed by atoms with E-state index in [-0.39, 0.29) is 16.8 Å². The van der Waals surface area contributed by atoms with Crippen molar-refractivity contribution in [3.63, 3.8) is 0 Å². The van der Waals surface area contributed by atoms with E-state index in [0.717, 1.165) is 56.5 Å². The zero-order chi connectivity index (χ0) is 23.1. The van der Waals surface area contributed by atoms with Crippen molar-refractivity contribution in [1.29, 1.82) is 0 Å². The summed E-state index contributed by atoms with van der Waals surface area (Å²) in [4.78, 5) is 3.77. The van der Waals surface area contributed by atoms with Gasteiger partial charge in [0.15, 0.2) is 0 Å². The van der Waals surface area contributed by atoms with Crippen LogP contribution in [0.4, 0.5) is 26.3 Å². The lowest BCUT2D eigenvalue weighted by Gasteiger charge is -2.19. The molecule has 0 aliphatic heterocycles. The summed E-state index contributed by atoms with van der Waals surface area (Å²) in [6.07, 6.45) is -3.61. The van der Waals surface area contributed by atoms with Gasteiger partial charge >= 0.3 is 12.4 Å². The molecule has 1 heterocycles. The lowest BCUT2D eigenvalue weighted by Crippen LogP contribution is -2.24. The Balaban J connectivity index is 2.13. The molecule has 0 aliphatic carbocycles. The SMILES string of the molecule is CCCCCCCNCC(C)c1ccc(-c2ccc(C(F)(F)F)cc2)nc1C(F)(F)F. The summed E-state index contributed by atoms with van der Waals surface area (Å²) < 4.78 is 79.1. The Morgan fingerprint density at radius 2 is 1.48 bits per heavy atom. The molecule has 2 nitrogen and oxygen atoms in total. The van der Waals surface area contributed by atoms with Crippen molar-refractivity contribution in [3.05, 3.63) is 53.2 Å². The Bertz CT molecular complexity index is 812. The smallest absolute Gasteiger partial charge is 0.316 e. The molecule has 0 saturated carbocycles. The van der Waals surface area contributed by atoms with Crippen molar-refractivity contribution in [2.75, 3.05) is 13.1 Å². The third kappa shape index (κ3) is 7.52. The first-order valence-corrected chi connectivity index (χ1v) is 10.5. The van der Waals surface area contributed by atoms with Crippen molar-refractivity contribution in [2.45, 2.75) is 64.2 Å². The molecule has 0 fully saturated rings. The zero-order valence-corrected chi connectivity index (χ0v) is 17.7. The van der Waals surface area contributed by atoms with Gasteiger partial charge in [-0.2, -0.15) is 26.3 Å². The summed E-state index contributed by atoms with van der Waals surface area (Å²) in [6, 6.07) is 6.74. The fraction of sp³-hybridized carbons (Fsp3) is 0.522. The summed E-state index contributed by atoms with van der Waals surface area (Å²) in [7, 11) is 0. The largest absolute Gasteiger partial charge is 0.433 e. The van der Waals surface area contributed by atoms with Gasteiger partial charge in [0, 0.05) is 12.1 Å². The number of nitrogens with one attached hydrogen (secondary N) is 1. The molecule has 1 atom stereocenters. The topological polar surface area (TPSA) is 24.9 Å². The van der Waals surface area contributed by atoms with E-state index in [1.54, 1.807) is 6.92 Å². The van der Waals surface area contributed by atoms with Gasteiger partial charge in [-0.1, -0.05) is 57.7 Å². The maximum Gasteiger partial charge on any atom is 0.433 e. The summed E-state index contributed by atoms with van der Waals surface area (Å²) in [5.74, 6) is -0.415. The predicted molar refractivity (Wildman–Crippen MR) is 110 cm³/mol. The van der Waals surface area contributed by atoms with Crippen LogP contribution in [0.1, 0.15) is 68.7 Å². The summed E-state index contributed by atoms with van der Waals surface area (Å²) in [6.45, 7) is 4.97. The summed E-state index contributed by atoms with van der Waals surface area (Å²) >= 11 is 0. The highest BCUT2D eigenvalue weighted by Crippen LogP contribution is 2.36. The van der Waals surface area contributed by atoms with Crippen LogP contribution >= 0.6 is 0 Å². The van der Waals surface area contributed by atoms with Crippen LogP contribution in [0, 0.1) is 0 Å². The molecule has 1 aromatic carbocycles. The van der Waals surface area contributed by atoms with Gasteiger partial charge in [0.25, 0.3) is 0 Å². The van der Waals surface area contributed by atoms with Crippen molar-refractivity contribution in [2.24, 2.45) is 0 Å². The second-order valence-electron chi connectivity index (χ2n) is 7.73. The highest BCUT2D eigenvalue weighted by atomic mass is 19.4. The number of hydrogen-bond acceptors (Lipinski definition) is 2. The molecular formula is C23H28F6N2. The van der Waals surface area contributed by atoms with E-state index in [4.69, 9.17) is 0 Å². The highest BCUT2D eigenvalue weighted by molar-refractivity contribution is 5.60. The minimum atomic E-state index is -4.66. The standard InChI is InChI=1S/C23H28F6N2/c1-3-4-5-6-7-14-30-15-16(2)19-12-13-20(31-21(19)23(27,28)29)17-8-10-18(11-9-17)22(24,25)26/h8-13,16,30H,3-7,14-15H2,1-2H3. The van der Waals surface area contributed by atoms with Crippen LogP contribution in [0.15, 0.2) is 36.4 Å². The number of hydrogen-bond donors (Lipinski definition) is 1. The van der Waals surface area contributed by atoms with E-state index < -0.39 is 29.5 Å². The summed E-state index contributed by atoms with van der Waals surface area (Å²) in [5, 5.41) is 3.20. The van der Waals surface area contributed by atoms with E-state index in [1.807, 2.05) is 0 Å². The average Bonchev–Trinajstić information content (AvgIpc) is 2.71. The fourth-order valence-corrected chi connectivity index (χ4v) is 3.37. The van der Waals surface area contributed by atoms with Crippen LogP contribution in [0.25, 0.3) is 11.3 Å². The molecule has 8 heteroatoms. The summed E-state index contributed by atoms with van der Waals surface area (Å²) in [5.41, 5.74) is -1.61. The van der Waals surface area contributed by atoms with E-state index in [1.165, 1.54) is 18.6 Å². The number of benzene rings is 1. The van der Waals surface area contributed by atoms with E-state index >= 15 is 0 Å². The predicted octanol–water partition coefficient (Wildman–Crippen LogP) is 7.45. The highest BCUT2D eigenvalue weighted by Gasteiger charge is 2.37. The molecule has 172 valence electrons. The number of pyridine rings is 1. The minimum Gasteiger partial charge on any atom is -0.316 e. The first-order valence-electron chi connectivity index (χ1n) is 10.5. The lowest BCUT2D eigenvalue weighted by molar-refractivity contribution is -0.142. The quantitative estimate of drug-likeness (QED) is 0.303. The molecule has 31 heavy (non-hydrogen) atoms. The molecule has 0 bridgehead atoms. The van der Waals surface area contributed by atoms with E-state index in [9.17, 15) is 26.3 Å². The first kappa shape index (κ1) is 25.2. The average molecular weight is 446 g/mol. The third-order valence-corrected chi connectivity index (χ3v) is 5.14.